The van der Waals surface area contributed by atoms with Gasteiger partial charge in [-0.05, 0) is 31.7 Å². The number of halogens is 1. The Morgan fingerprint density at radius 2 is 1.80 bits per heavy atom. The number of nitrogens with zero attached hydrogens (tertiary/aromatic N) is 1. The maximum atomic E-state index is 14.0. The molecular formula is C19H27FN4O6. The average molecular weight is 426 g/mol. The molecule has 0 aliphatic carbocycles. The summed E-state index contributed by atoms with van der Waals surface area (Å²) < 4.78 is 14.0. The highest BCUT2D eigenvalue weighted by Gasteiger charge is 2.28. The van der Waals surface area contributed by atoms with Crippen LogP contribution in [0.5, 0.6) is 0 Å². The number of carbonyl (C=O) groups excluding carboxylic acids is 3. The maximum Gasteiger partial charge on any atom is 0.270 e. The fourth-order valence-corrected chi connectivity index (χ4v) is 2.52. The lowest BCUT2D eigenvalue weighted by atomic mass is 10.0. The molecule has 1 aromatic carbocycles. The SMILES string of the molecule is CC(C)[C@H](NC(=O)c1cc([N+](=O)[O-])ccc1F)C(=O)N[C@@H](C)C(=O)NCCCCO. The van der Waals surface area contributed by atoms with Gasteiger partial charge in [0, 0.05) is 25.3 Å². The molecule has 3 amide bonds. The molecule has 1 aromatic rings. The van der Waals surface area contributed by atoms with E-state index in [0.717, 1.165) is 18.2 Å². The monoisotopic (exact) mass is 426 g/mol. The molecule has 0 saturated heterocycles. The number of hydrogen-bond donors (Lipinski definition) is 4. The zero-order valence-electron chi connectivity index (χ0n) is 17.1. The standard InChI is InChI=1S/C19H27FN4O6/c1-11(2)16(19(28)22-12(3)17(26)21-8-4-5-9-25)23-18(27)14-10-13(24(29)30)6-7-15(14)20/h6-7,10-12,16,25H,4-5,8-9H2,1-3H3,(H,21,26)(H,22,28)(H,23,27)/t12-,16-/m0/s1. The van der Waals surface area contributed by atoms with Gasteiger partial charge < -0.3 is 21.1 Å². The van der Waals surface area contributed by atoms with Crippen LogP contribution in [0, 0.1) is 21.8 Å². The number of benzene rings is 1. The van der Waals surface area contributed by atoms with Gasteiger partial charge in [-0.1, -0.05) is 13.8 Å². The molecule has 0 aliphatic heterocycles. The summed E-state index contributed by atoms with van der Waals surface area (Å²) in [6.07, 6.45) is 1.12. The van der Waals surface area contributed by atoms with E-state index in [4.69, 9.17) is 5.11 Å². The Bertz CT molecular complexity index is 786. The first-order chi connectivity index (χ1) is 14.1. The number of nitrogens with one attached hydrogen (secondary N) is 3. The normalized spacial score (nSPS) is 12.7. The predicted molar refractivity (Wildman–Crippen MR) is 106 cm³/mol. The van der Waals surface area contributed by atoms with E-state index < -0.39 is 57.7 Å². The molecule has 0 heterocycles. The van der Waals surface area contributed by atoms with E-state index in [-0.39, 0.29) is 6.61 Å². The number of amides is 3. The summed E-state index contributed by atoms with van der Waals surface area (Å²) in [7, 11) is 0. The van der Waals surface area contributed by atoms with Gasteiger partial charge in [-0.25, -0.2) is 4.39 Å². The Morgan fingerprint density at radius 3 is 2.37 bits per heavy atom. The molecule has 0 aromatic heterocycles. The molecule has 10 nitrogen and oxygen atoms in total. The van der Waals surface area contributed by atoms with E-state index in [9.17, 15) is 28.9 Å². The maximum absolute atomic E-state index is 14.0. The molecular weight excluding hydrogens is 399 g/mol. The van der Waals surface area contributed by atoms with Gasteiger partial charge in [0.05, 0.1) is 10.5 Å². The van der Waals surface area contributed by atoms with E-state index in [1.54, 1.807) is 13.8 Å². The van der Waals surface area contributed by atoms with Crippen LogP contribution < -0.4 is 16.0 Å². The molecule has 30 heavy (non-hydrogen) atoms. The smallest absolute Gasteiger partial charge is 0.270 e. The largest absolute Gasteiger partial charge is 0.396 e. The van der Waals surface area contributed by atoms with Crippen molar-refractivity contribution < 1.29 is 28.8 Å². The number of rotatable bonds is 11. The van der Waals surface area contributed by atoms with Gasteiger partial charge >= 0.3 is 0 Å². The molecule has 4 N–H and O–H groups in total. The van der Waals surface area contributed by atoms with Crippen molar-refractivity contribution in [1.82, 2.24) is 16.0 Å². The van der Waals surface area contributed by atoms with Gasteiger partial charge in [0.25, 0.3) is 11.6 Å². The third-order valence-electron chi connectivity index (χ3n) is 4.28. The summed E-state index contributed by atoms with van der Waals surface area (Å²) in [5.74, 6) is -3.43. The fraction of sp³-hybridized carbons (Fsp3) is 0.526. The minimum atomic E-state index is -1.10. The van der Waals surface area contributed by atoms with Crippen LogP contribution in [0.4, 0.5) is 10.1 Å². The Kier molecular flexibility index (Phi) is 9.82. The first kappa shape index (κ1) is 25.0. The molecule has 11 heteroatoms. The Hall–Kier alpha value is -3.08. The van der Waals surface area contributed by atoms with Gasteiger partial charge in [-0.3, -0.25) is 24.5 Å². The van der Waals surface area contributed by atoms with Crippen LogP contribution in [0.25, 0.3) is 0 Å². The van der Waals surface area contributed by atoms with E-state index in [0.29, 0.717) is 19.4 Å². The van der Waals surface area contributed by atoms with Crippen LogP contribution in [0.3, 0.4) is 0 Å². The highest BCUT2D eigenvalue weighted by Crippen LogP contribution is 2.17. The number of hydrogen-bond acceptors (Lipinski definition) is 6. The minimum absolute atomic E-state index is 0.0170. The zero-order valence-corrected chi connectivity index (χ0v) is 17.1. The molecule has 0 bridgehead atoms. The van der Waals surface area contributed by atoms with Crippen LogP contribution in [-0.2, 0) is 9.59 Å². The molecule has 2 atom stereocenters. The van der Waals surface area contributed by atoms with Crippen molar-refractivity contribution in [2.45, 2.75) is 45.7 Å². The van der Waals surface area contributed by atoms with E-state index in [1.807, 2.05) is 0 Å². The zero-order chi connectivity index (χ0) is 22.8. The molecule has 0 unspecified atom stereocenters. The fourth-order valence-electron chi connectivity index (χ4n) is 2.52. The Morgan fingerprint density at radius 1 is 1.13 bits per heavy atom. The first-order valence-electron chi connectivity index (χ1n) is 9.52. The summed E-state index contributed by atoms with van der Waals surface area (Å²) in [6.45, 7) is 5.12. The van der Waals surface area contributed by atoms with Gasteiger partial charge in [-0.15, -0.1) is 0 Å². The molecule has 0 radical (unpaired) electrons. The summed E-state index contributed by atoms with van der Waals surface area (Å²) in [5.41, 5.74) is -1.02. The van der Waals surface area contributed by atoms with Gasteiger partial charge in [-0.2, -0.15) is 0 Å². The van der Waals surface area contributed by atoms with Gasteiger partial charge in [0.15, 0.2) is 0 Å². The second kappa shape index (κ2) is 11.8. The number of aliphatic hydroxyl groups is 1. The van der Waals surface area contributed by atoms with Crippen molar-refractivity contribution in [2.24, 2.45) is 5.92 Å². The van der Waals surface area contributed by atoms with Crippen molar-refractivity contribution in [3.8, 4) is 0 Å². The quantitative estimate of drug-likeness (QED) is 0.234. The minimum Gasteiger partial charge on any atom is -0.396 e. The second-order valence-corrected chi connectivity index (χ2v) is 7.07. The Balaban J connectivity index is 2.81. The first-order valence-corrected chi connectivity index (χ1v) is 9.52. The molecule has 1 rings (SSSR count). The molecule has 0 aliphatic rings. The van der Waals surface area contributed by atoms with Crippen LogP contribution in [0.2, 0.25) is 0 Å². The van der Waals surface area contributed by atoms with E-state index in [1.165, 1.54) is 6.92 Å². The third kappa shape index (κ3) is 7.39. The highest BCUT2D eigenvalue weighted by molar-refractivity contribution is 5.99. The summed E-state index contributed by atoms with van der Waals surface area (Å²) in [5, 5.41) is 27.1. The van der Waals surface area contributed by atoms with E-state index >= 15 is 0 Å². The van der Waals surface area contributed by atoms with Crippen molar-refractivity contribution in [3.63, 3.8) is 0 Å². The van der Waals surface area contributed by atoms with Crippen molar-refractivity contribution in [1.29, 1.82) is 0 Å². The summed E-state index contributed by atoms with van der Waals surface area (Å²) in [4.78, 5) is 47.1. The molecule has 0 saturated carbocycles. The lowest BCUT2D eigenvalue weighted by Crippen LogP contribution is -2.54. The van der Waals surface area contributed by atoms with Gasteiger partial charge in [0.2, 0.25) is 11.8 Å². The molecule has 0 spiro atoms. The van der Waals surface area contributed by atoms with Crippen molar-refractivity contribution >= 4 is 23.4 Å². The number of non-ortho nitro benzene ring substituents is 1. The number of unbranched alkanes of at least 4 members (excludes halogenated alkanes) is 1. The number of nitro benzene ring substituents is 1. The van der Waals surface area contributed by atoms with Crippen molar-refractivity contribution in [3.05, 3.63) is 39.7 Å². The van der Waals surface area contributed by atoms with Crippen LogP contribution in [0.1, 0.15) is 44.0 Å². The average Bonchev–Trinajstić information content (AvgIpc) is 2.68. The number of carbonyl (C=O) groups is 3. The van der Waals surface area contributed by atoms with Gasteiger partial charge in [0.1, 0.15) is 17.9 Å². The third-order valence-corrected chi connectivity index (χ3v) is 4.28. The lowest BCUT2D eigenvalue weighted by molar-refractivity contribution is -0.384. The van der Waals surface area contributed by atoms with Crippen LogP contribution in [0.15, 0.2) is 18.2 Å². The number of nitro groups is 1. The molecule has 166 valence electrons. The predicted octanol–water partition coefficient (Wildman–Crippen LogP) is 0.882. The van der Waals surface area contributed by atoms with Crippen LogP contribution >= 0.6 is 0 Å². The van der Waals surface area contributed by atoms with Crippen LogP contribution in [-0.4, -0.2) is 53.0 Å². The lowest BCUT2D eigenvalue weighted by Gasteiger charge is -2.24. The summed E-state index contributed by atoms with van der Waals surface area (Å²) >= 11 is 0. The highest BCUT2D eigenvalue weighted by atomic mass is 19.1. The van der Waals surface area contributed by atoms with E-state index in [2.05, 4.69) is 16.0 Å². The molecule has 0 fully saturated rings. The second-order valence-electron chi connectivity index (χ2n) is 7.07. The van der Waals surface area contributed by atoms with Crippen molar-refractivity contribution in [2.75, 3.05) is 13.2 Å². The topological polar surface area (TPSA) is 151 Å². The Labute approximate surface area is 173 Å². The summed E-state index contributed by atoms with van der Waals surface area (Å²) in [6, 6.07) is 0.544. The number of aliphatic hydroxyl groups excluding tert-OH is 1.